The van der Waals surface area contributed by atoms with Crippen LogP contribution in [0.25, 0.3) is 0 Å². The standard InChI is InChI=1S/C16H26N2O/c1-4-7-19-13-8-12(10-18-11-13)14-9-16(2,3)6-5-15(14)17/h8,10-11,14-15H,4-7,9,17H2,1-3H3. The molecule has 2 atom stereocenters. The Kier molecular flexibility index (Phi) is 4.46. The Balaban J connectivity index is 2.15. The van der Waals surface area contributed by atoms with Crippen LogP contribution < -0.4 is 10.5 Å². The molecule has 3 heteroatoms. The van der Waals surface area contributed by atoms with Gasteiger partial charge in [-0.25, -0.2) is 0 Å². The lowest BCUT2D eigenvalue weighted by Crippen LogP contribution is -2.37. The Morgan fingerprint density at radius 3 is 2.95 bits per heavy atom. The van der Waals surface area contributed by atoms with E-state index in [0.29, 0.717) is 11.3 Å². The molecule has 19 heavy (non-hydrogen) atoms. The van der Waals surface area contributed by atoms with Gasteiger partial charge in [-0.2, -0.15) is 0 Å². The molecule has 1 aliphatic carbocycles. The second-order valence-electron chi connectivity index (χ2n) is 6.48. The first-order valence-electron chi connectivity index (χ1n) is 7.35. The second-order valence-corrected chi connectivity index (χ2v) is 6.48. The van der Waals surface area contributed by atoms with Crippen LogP contribution in [0.4, 0.5) is 0 Å². The number of hydrogen-bond acceptors (Lipinski definition) is 3. The molecule has 1 fully saturated rings. The Morgan fingerprint density at radius 1 is 1.42 bits per heavy atom. The number of hydrogen-bond donors (Lipinski definition) is 1. The summed E-state index contributed by atoms with van der Waals surface area (Å²) in [6, 6.07) is 2.37. The van der Waals surface area contributed by atoms with Crippen LogP contribution in [0.1, 0.15) is 57.9 Å². The van der Waals surface area contributed by atoms with E-state index < -0.39 is 0 Å². The average molecular weight is 262 g/mol. The van der Waals surface area contributed by atoms with E-state index in [2.05, 4.69) is 31.8 Å². The van der Waals surface area contributed by atoms with Crippen molar-refractivity contribution in [2.24, 2.45) is 11.1 Å². The summed E-state index contributed by atoms with van der Waals surface area (Å²) in [6.07, 6.45) is 8.19. The Labute approximate surface area is 116 Å². The molecule has 2 unspecified atom stereocenters. The topological polar surface area (TPSA) is 48.1 Å². The lowest BCUT2D eigenvalue weighted by molar-refractivity contribution is 0.198. The fourth-order valence-electron chi connectivity index (χ4n) is 2.91. The Bertz CT molecular complexity index is 417. The summed E-state index contributed by atoms with van der Waals surface area (Å²) in [5.74, 6) is 1.27. The van der Waals surface area contributed by atoms with Crippen molar-refractivity contribution in [2.45, 2.75) is 58.4 Å². The SMILES string of the molecule is CCCOc1cncc(C2CC(C)(C)CCC2N)c1. The van der Waals surface area contributed by atoms with Crippen molar-refractivity contribution in [3.8, 4) is 5.75 Å². The van der Waals surface area contributed by atoms with Gasteiger partial charge >= 0.3 is 0 Å². The molecule has 0 aliphatic heterocycles. The van der Waals surface area contributed by atoms with E-state index in [-0.39, 0.29) is 6.04 Å². The van der Waals surface area contributed by atoms with Gasteiger partial charge in [-0.1, -0.05) is 20.8 Å². The van der Waals surface area contributed by atoms with Crippen LogP contribution in [-0.2, 0) is 0 Å². The highest BCUT2D eigenvalue weighted by atomic mass is 16.5. The molecule has 1 aliphatic rings. The Morgan fingerprint density at radius 2 is 2.21 bits per heavy atom. The molecule has 106 valence electrons. The zero-order valence-corrected chi connectivity index (χ0v) is 12.4. The summed E-state index contributed by atoms with van der Waals surface area (Å²) in [5.41, 5.74) is 7.92. The summed E-state index contributed by atoms with van der Waals surface area (Å²) in [6.45, 7) is 7.51. The minimum atomic E-state index is 0.247. The van der Waals surface area contributed by atoms with Crippen LogP contribution in [0.3, 0.4) is 0 Å². The number of pyridine rings is 1. The monoisotopic (exact) mass is 262 g/mol. The fourth-order valence-corrected chi connectivity index (χ4v) is 2.91. The van der Waals surface area contributed by atoms with Gasteiger partial charge in [-0.3, -0.25) is 4.98 Å². The van der Waals surface area contributed by atoms with Gasteiger partial charge in [0.25, 0.3) is 0 Å². The lowest BCUT2D eigenvalue weighted by atomic mass is 9.68. The molecule has 1 aromatic heterocycles. The minimum Gasteiger partial charge on any atom is -0.492 e. The predicted octanol–water partition coefficient (Wildman–Crippen LogP) is 3.49. The third-order valence-corrected chi connectivity index (χ3v) is 4.08. The van der Waals surface area contributed by atoms with Gasteiger partial charge in [0.05, 0.1) is 12.8 Å². The molecule has 1 heterocycles. The molecule has 3 nitrogen and oxygen atoms in total. The molecule has 0 amide bonds. The molecule has 0 aromatic carbocycles. The van der Waals surface area contributed by atoms with Crippen LogP contribution in [0, 0.1) is 5.41 Å². The maximum Gasteiger partial charge on any atom is 0.137 e. The third-order valence-electron chi connectivity index (χ3n) is 4.08. The predicted molar refractivity (Wildman–Crippen MR) is 78.4 cm³/mol. The normalized spacial score (nSPS) is 26.1. The van der Waals surface area contributed by atoms with Gasteiger partial charge in [-0.15, -0.1) is 0 Å². The highest BCUT2D eigenvalue weighted by Gasteiger charge is 2.34. The highest BCUT2D eigenvalue weighted by Crippen LogP contribution is 2.43. The first-order chi connectivity index (χ1) is 9.02. The molecular formula is C16H26N2O. The van der Waals surface area contributed by atoms with Crippen molar-refractivity contribution in [3.63, 3.8) is 0 Å². The second kappa shape index (κ2) is 5.91. The molecule has 1 saturated carbocycles. The fraction of sp³-hybridized carbons (Fsp3) is 0.688. The van der Waals surface area contributed by atoms with Crippen LogP contribution in [0.2, 0.25) is 0 Å². The molecule has 0 radical (unpaired) electrons. The maximum absolute atomic E-state index is 6.31. The van der Waals surface area contributed by atoms with Gasteiger partial charge in [0, 0.05) is 18.2 Å². The maximum atomic E-state index is 6.31. The van der Waals surface area contributed by atoms with E-state index in [4.69, 9.17) is 10.5 Å². The van der Waals surface area contributed by atoms with Crippen molar-refractivity contribution in [3.05, 3.63) is 24.0 Å². The van der Waals surface area contributed by atoms with Crippen LogP contribution in [0.15, 0.2) is 18.5 Å². The number of nitrogens with two attached hydrogens (primary N) is 1. The molecule has 0 bridgehead atoms. The van der Waals surface area contributed by atoms with E-state index in [0.717, 1.165) is 31.6 Å². The van der Waals surface area contributed by atoms with Crippen LogP contribution >= 0.6 is 0 Å². The average Bonchev–Trinajstić information content (AvgIpc) is 2.39. The summed E-state index contributed by atoms with van der Waals surface area (Å²) >= 11 is 0. The molecule has 0 spiro atoms. The van der Waals surface area contributed by atoms with Gasteiger partial charge in [0.15, 0.2) is 0 Å². The molecule has 0 saturated heterocycles. The van der Waals surface area contributed by atoms with E-state index >= 15 is 0 Å². The highest BCUT2D eigenvalue weighted by molar-refractivity contribution is 5.28. The molecule has 2 N–H and O–H groups in total. The smallest absolute Gasteiger partial charge is 0.137 e. The van der Waals surface area contributed by atoms with Crippen LogP contribution in [-0.4, -0.2) is 17.6 Å². The first-order valence-corrected chi connectivity index (χ1v) is 7.35. The summed E-state index contributed by atoms with van der Waals surface area (Å²) in [4.78, 5) is 4.31. The van der Waals surface area contributed by atoms with Crippen molar-refractivity contribution >= 4 is 0 Å². The summed E-state index contributed by atoms with van der Waals surface area (Å²) in [5, 5.41) is 0. The largest absolute Gasteiger partial charge is 0.492 e. The number of rotatable bonds is 4. The van der Waals surface area contributed by atoms with Gasteiger partial charge in [-0.05, 0) is 42.7 Å². The first kappa shape index (κ1) is 14.3. The molecule has 2 rings (SSSR count). The van der Waals surface area contributed by atoms with Gasteiger partial charge < -0.3 is 10.5 Å². The van der Waals surface area contributed by atoms with Crippen LogP contribution in [0.5, 0.6) is 5.75 Å². The molecule has 1 aromatic rings. The summed E-state index contributed by atoms with van der Waals surface area (Å²) in [7, 11) is 0. The van der Waals surface area contributed by atoms with Crippen molar-refractivity contribution in [1.29, 1.82) is 0 Å². The summed E-state index contributed by atoms with van der Waals surface area (Å²) < 4.78 is 5.67. The minimum absolute atomic E-state index is 0.247. The Hall–Kier alpha value is -1.09. The van der Waals surface area contributed by atoms with Gasteiger partial charge in [0.1, 0.15) is 5.75 Å². The third kappa shape index (κ3) is 3.69. The zero-order valence-electron chi connectivity index (χ0n) is 12.4. The lowest BCUT2D eigenvalue weighted by Gasteiger charge is -2.39. The number of nitrogens with zero attached hydrogens (tertiary/aromatic N) is 1. The zero-order chi connectivity index (χ0) is 13.9. The van der Waals surface area contributed by atoms with Crippen molar-refractivity contribution < 1.29 is 4.74 Å². The quantitative estimate of drug-likeness (QED) is 0.903. The van der Waals surface area contributed by atoms with E-state index in [1.165, 1.54) is 12.0 Å². The molecular weight excluding hydrogens is 236 g/mol. The van der Waals surface area contributed by atoms with Crippen molar-refractivity contribution in [2.75, 3.05) is 6.61 Å². The van der Waals surface area contributed by atoms with E-state index in [1.807, 2.05) is 6.20 Å². The number of aromatic nitrogens is 1. The van der Waals surface area contributed by atoms with Gasteiger partial charge in [0.2, 0.25) is 0 Å². The van der Waals surface area contributed by atoms with E-state index in [1.54, 1.807) is 6.20 Å². The number of ether oxygens (including phenoxy) is 1. The van der Waals surface area contributed by atoms with E-state index in [9.17, 15) is 0 Å². The van der Waals surface area contributed by atoms with Crippen molar-refractivity contribution in [1.82, 2.24) is 4.98 Å².